The molecule has 0 spiro atoms. The van der Waals surface area contributed by atoms with Gasteiger partial charge in [0.25, 0.3) is 0 Å². The number of thiazole rings is 1. The van der Waals surface area contributed by atoms with Gasteiger partial charge in [-0.05, 0) is 79.6 Å². The number of benzene rings is 2. The number of rotatable bonds is 7. The minimum Gasteiger partial charge on any atom is -0.508 e. The van der Waals surface area contributed by atoms with Crippen molar-refractivity contribution in [1.29, 1.82) is 0 Å². The average Bonchev–Trinajstić information content (AvgIpc) is 3.43. The summed E-state index contributed by atoms with van der Waals surface area (Å²) in [5.74, 6) is -0.334. The van der Waals surface area contributed by atoms with Crippen molar-refractivity contribution in [2.24, 2.45) is 5.92 Å². The Morgan fingerprint density at radius 2 is 1.90 bits per heavy atom. The van der Waals surface area contributed by atoms with Gasteiger partial charge in [-0.1, -0.05) is 18.2 Å². The Labute approximate surface area is 238 Å². The van der Waals surface area contributed by atoms with E-state index in [2.05, 4.69) is 25.6 Å². The highest BCUT2D eigenvalue weighted by Gasteiger charge is 2.39. The van der Waals surface area contributed by atoms with Gasteiger partial charge in [-0.15, -0.1) is 11.3 Å². The summed E-state index contributed by atoms with van der Waals surface area (Å²) >= 11 is 1.35. The summed E-state index contributed by atoms with van der Waals surface area (Å²) in [5, 5.41) is 27.3. The Bertz CT molecular complexity index is 1550. The number of nitrogens with zero attached hydrogens (tertiary/aromatic N) is 3. The number of aromatic nitrogens is 3. The first kappa shape index (κ1) is 28.5. The lowest BCUT2D eigenvalue weighted by molar-refractivity contribution is -0.141. The van der Waals surface area contributed by atoms with Gasteiger partial charge >= 0.3 is 6.18 Å². The van der Waals surface area contributed by atoms with Gasteiger partial charge in [0.2, 0.25) is 11.9 Å². The topological polar surface area (TPSA) is 120 Å². The molecule has 1 fully saturated rings. The van der Waals surface area contributed by atoms with Crippen molar-refractivity contribution in [2.45, 2.75) is 50.9 Å². The molecule has 0 saturated heterocycles. The van der Waals surface area contributed by atoms with Crippen molar-refractivity contribution in [3.8, 4) is 16.2 Å². The van der Waals surface area contributed by atoms with Crippen LogP contribution in [-0.4, -0.2) is 31.1 Å². The minimum absolute atomic E-state index is 0.0836. The van der Waals surface area contributed by atoms with Crippen LogP contribution in [0.25, 0.3) is 10.4 Å². The molecule has 1 amide bonds. The van der Waals surface area contributed by atoms with E-state index in [0.29, 0.717) is 42.9 Å². The molecule has 2 aromatic carbocycles. The molecule has 2 aromatic heterocycles. The maximum absolute atomic E-state index is 13.0. The molecule has 4 N–H and O–H groups in total. The fourth-order valence-electron chi connectivity index (χ4n) is 4.90. The van der Waals surface area contributed by atoms with Crippen LogP contribution in [0.5, 0.6) is 5.75 Å². The molecule has 0 aliphatic heterocycles. The van der Waals surface area contributed by atoms with Crippen molar-refractivity contribution in [3.05, 3.63) is 82.8 Å². The molecule has 0 bridgehead atoms. The zero-order chi connectivity index (χ0) is 29.2. The first-order valence-corrected chi connectivity index (χ1v) is 13.8. The molecular weight excluding hydrogens is 555 g/mol. The predicted molar refractivity (Wildman–Crippen MR) is 148 cm³/mol. The fraction of sp³-hybridized carbons (Fsp3) is 0.310. The molecule has 0 atom stereocenters. The Balaban J connectivity index is 1.24. The summed E-state index contributed by atoms with van der Waals surface area (Å²) in [7, 11) is 0. The molecule has 1 saturated carbocycles. The largest absolute Gasteiger partial charge is 0.508 e. The normalized spacial score (nSPS) is 19.1. The number of halogens is 3. The average molecular weight is 584 g/mol. The summed E-state index contributed by atoms with van der Waals surface area (Å²) in [6, 6.07) is 13.0. The number of phenols is 1. The van der Waals surface area contributed by atoms with Crippen LogP contribution in [-0.2, 0) is 23.1 Å². The standard InChI is InChI=1S/C29H28F3N5O3S/c1-17-11-20(14-21(12-17)36-27-33-10-7-24(37-27)29(30,31)32)23-16-35-26(41-23)28(40)8-5-19(6-9-28)25(39)34-15-18-3-2-4-22(38)13-18/h2-4,7,10-14,16,19,38,40H,5-6,8-9,15H2,1H3,(H,34,39)(H,33,36,37)/t19-,28-. The van der Waals surface area contributed by atoms with E-state index < -0.39 is 17.5 Å². The Morgan fingerprint density at radius 3 is 2.63 bits per heavy atom. The third kappa shape index (κ3) is 6.83. The molecule has 1 aliphatic rings. The van der Waals surface area contributed by atoms with Crippen LogP contribution in [0.3, 0.4) is 0 Å². The van der Waals surface area contributed by atoms with E-state index in [0.717, 1.165) is 33.8 Å². The number of aromatic hydroxyl groups is 1. The monoisotopic (exact) mass is 583 g/mol. The van der Waals surface area contributed by atoms with Gasteiger partial charge in [0.15, 0.2) is 0 Å². The minimum atomic E-state index is -4.58. The summed E-state index contributed by atoms with van der Waals surface area (Å²) in [6.07, 6.45) is -0.0644. The molecule has 12 heteroatoms. The lowest BCUT2D eigenvalue weighted by Crippen LogP contribution is -2.38. The zero-order valence-electron chi connectivity index (χ0n) is 22.1. The molecule has 2 heterocycles. The van der Waals surface area contributed by atoms with E-state index in [1.54, 1.807) is 36.5 Å². The number of nitrogens with one attached hydrogen (secondary N) is 2. The maximum atomic E-state index is 13.0. The predicted octanol–water partition coefficient (Wildman–Crippen LogP) is 6.07. The van der Waals surface area contributed by atoms with E-state index >= 15 is 0 Å². The second kappa shape index (κ2) is 11.5. The van der Waals surface area contributed by atoms with Gasteiger partial charge in [-0.25, -0.2) is 15.0 Å². The molecule has 1 aliphatic carbocycles. The van der Waals surface area contributed by atoms with Crippen LogP contribution >= 0.6 is 11.3 Å². The maximum Gasteiger partial charge on any atom is 0.433 e. The summed E-state index contributed by atoms with van der Waals surface area (Å²) in [6.45, 7) is 2.18. The zero-order valence-corrected chi connectivity index (χ0v) is 22.9. The highest BCUT2D eigenvalue weighted by atomic mass is 32.1. The second-order valence-corrected chi connectivity index (χ2v) is 11.2. The quantitative estimate of drug-likeness (QED) is 0.208. The number of hydrogen-bond acceptors (Lipinski definition) is 8. The lowest BCUT2D eigenvalue weighted by atomic mass is 9.78. The van der Waals surface area contributed by atoms with Gasteiger partial charge in [0, 0.05) is 30.5 Å². The molecule has 214 valence electrons. The van der Waals surface area contributed by atoms with Crippen molar-refractivity contribution in [2.75, 3.05) is 5.32 Å². The van der Waals surface area contributed by atoms with Crippen molar-refractivity contribution in [3.63, 3.8) is 0 Å². The summed E-state index contributed by atoms with van der Waals surface area (Å²) in [5.41, 5.74) is 0.784. The van der Waals surface area contributed by atoms with E-state index in [1.807, 2.05) is 19.1 Å². The third-order valence-electron chi connectivity index (χ3n) is 7.03. The molecule has 41 heavy (non-hydrogen) atoms. The number of carbonyl (C=O) groups is 1. The molecule has 0 unspecified atom stereocenters. The van der Waals surface area contributed by atoms with Crippen molar-refractivity contribution < 1.29 is 28.2 Å². The third-order valence-corrected chi connectivity index (χ3v) is 8.27. The number of hydrogen-bond donors (Lipinski definition) is 4. The number of carbonyl (C=O) groups excluding carboxylic acids is 1. The Hall–Kier alpha value is -4.03. The molecule has 4 aromatic rings. The number of aliphatic hydroxyl groups is 1. The van der Waals surface area contributed by atoms with Crippen molar-refractivity contribution in [1.82, 2.24) is 20.3 Å². The number of alkyl halides is 3. The highest BCUT2D eigenvalue weighted by molar-refractivity contribution is 7.15. The van der Waals surface area contributed by atoms with E-state index in [-0.39, 0.29) is 23.5 Å². The number of aryl methyl sites for hydroxylation is 1. The molecular formula is C29H28F3N5O3S. The smallest absolute Gasteiger partial charge is 0.433 e. The molecule has 5 rings (SSSR count). The highest BCUT2D eigenvalue weighted by Crippen LogP contribution is 2.43. The van der Waals surface area contributed by atoms with Crippen LogP contribution in [0.2, 0.25) is 0 Å². The van der Waals surface area contributed by atoms with Gasteiger partial charge in [-0.3, -0.25) is 4.79 Å². The van der Waals surface area contributed by atoms with E-state index in [4.69, 9.17) is 0 Å². The molecule has 0 radical (unpaired) electrons. The number of amides is 1. The van der Waals surface area contributed by atoms with E-state index in [9.17, 15) is 28.2 Å². The van der Waals surface area contributed by atoms with E-state index in [1.165, 1.54) is 11.3 Å². The first-order chi connectivity index (χ1) is 19.5. The van der Waals surface area contributed by atoms with Gasteiger partial charge in [-0.2, -0.15) is 13.2 Å². The van der Waals surface area contributed by atoms with Crippen molar-refractivity contribution >= 4 is 28.9 Å². The van der Waals surface area contributed by atoms with Crippen LogP contribution in [0, 0.1) is 12.8 Å². The van der Waals surface area contributed by atoms with Gasteiger partial charge in [0.05, 0.1) is 4.88 Å². The van der Waals surface area contributed by atoms with Crippen LogP contribution in [0.4, 0.5) is 24.8 Å². The fourth-order valence-corrected chi connectivity index (χ4v) is 5.95. The Kier molecular flexibility index (Phi) is 7.96. The SMILES string of the molecule is Cc1cc(Nc2nccc(C(F)(F)F)n2)cc(-c2cnc([C@]3(O)CC[C@H](C(=O)NCc4cccc(O)c4)CC3)s2)c1. The van der Waals surface area contributed by atoms with Crippen LogP contribution in [0.1, 0.15) is 47.5 Å². The second-order valence-electron chi connectivity index (χ2n) is 10.2. The molecule has 8 nitrogen and oxygen atoms in total. The van der Waals surface area contributed by atoms with Crippen LogP contribution < -0.4 is 10.6 Å². The summed E-state index contributed by atoms with van der Waals surface area (Å²) in [4.78, 5) is 25.5. The van der Waals surface area contributed by atoms with Crippen LogP contribution in [0.15, 0.2) is 60.9 Å². The van der Waals surface area contributed by atoms with Gasteiger partial charge < -0.3 is 20.8 Å². The Morgan fingerprint density at radius 1 is 1.12 bits per heavy atom. The number of phenolic OH excluding ortho intramolecular Hbond substituents is 1. The lowest BCUT2D eigenvalue weighted by Gasteiger charge is -2.33. The van der Waals surface area contributed by atoms with Gasteiger partial charge in [0.1, 0.15) is 22.1 Å². The summed E-state index contributed by atoms with van der Waals surface area (Å²) < 4.78 is 39.1. The number of anilines is 2. The first-order valence-electron chi connectivity index (χ1n) is 13.0.